The van der Waals surface area contributed by atoms with Crippen LogP contribution < -0.4 is 15.4 Å². The van der Waals surface area contributed by atoms with E-state index in [4.69, 9.17) is 4.74 Å². The van der Waals surface area contributed by atoms with Gasteiger partial charge in [-0.2, -0.15) is 0 Å². The second-order valence-electron chi connectivity index (χ2n) is 5.83. The zero-order chi connectivity index (χ0) is 16.8. The first-order valence-electron chi connectivity index (χ1n) is 8.07. The van der Waals surface area contributed by atoms with Crippen LogP contribution in [0.3, 0.4) is 0 Å². The van der Waals surface area contributed by atoms with Gasteiger partial charge in [-0.05, 0) is 55.3 Å². The number of amides is 1. The molecule has 0 radical (unpaired) electrons. The minimum Gasteiger partial charge on any atom is -0.439 e. The second-order valence-corrected chi connectivity index (χ2v) is 5.83. The molecule has 1 aliphatic rings. The number of aromatic nitrogens is 1. The van der Waals surface area contributed by atoms with Gasteiger partial charge in [-0.15, -0.1) is 24.8 Å². The summed E-state index contributed by atoms with van der Waals surface area (Å²) in [4.78, 5) is 16.1. The maximum Gasteiger partial charge on any atom is 0.221 e. The van der Waals surface area contributed by atoms with Crippen molar-refractivity contribution in [3.8, 4) is 11.6 Å². The standard InChI is InChI=1S/C18H20FN3O2.2ClH/c19-14-3-5-16(6-4-14)24-18-10-13(7-9-21-18)12-22-17(23)11-15-2-1-8-20-15;;/h3-7,9-10,15,20H,1-2,8,11-12H2,(H,22,23);2*1H. The Labute approximate surface area is 164 Å². The highest BCUT2D eigenvalue weighted by Crippen LogP contribution is 2.20. The molecule has 2 aromatic rings. The lowest BCUT2D eigenvalue weighted by Crippen LogP contribution is -2.31. The molecule has 8 heteroatoms. The van der Waals surface area contributed by atoms with E-state index in [0.29, 0.717) is 30.6 Å². The molecule has 1 amide bonds. The number of ether oxygens (including phenoxy) is 1. The highest BCUT2D eigenvalue weighted by molar-refractivity contribution is 5.85. The Morgan fingerprint density at radius 3 is 2.73 bits per heavy atom. The van der Waals surface area contributed by atoms with Crippen LogP contribution in [0.1, 0.15) is 24.8 Å². The highest BCUT2D eigenvalue weighted by atomic mass is 35.5. The van der Waals surface area contributed by atoms with Crippen LogP contribution in [0.2, 0.25) is 0 Å². The first-order chi connectivity index (χ1) is 11.7. The summed E-state index contributed by atoms with van der Waals surface area (Å²) in [6.07, 6.45) is 4.31. The number of pyridine rings is 1. The number of rotatable bonds is 6. The van der Waals surface area contributed by atoms with Gasteiger partial charge >= 0.3 is 0 Å². The molecule has 3 rings (SSSR count). The van der Waals surface area contributed by atoms with Crippen molar-refractivity contribution >= 4 is 30.7 Å². The van der Waals surface area contributed by atoms with Gasteiger partial charge in [0.1, 0.15) is 11.6 Å². The van der Waals surface area contributed by atoms with Crippen LogP contribution in [-0.2, 0) is 11.3 Å². The summed E-state index contributed by atoms with van der Waals surface area (Å²) in [5.41, 5.74) is 0.898. The zero-order valence-electron chi connectivity index (χ0n) is 14.1. The summed E-state index contributed by atoms with van der Waals surface area (Å²) in [6.45, 7) is 1.42. The third-order valence-corrected chi connectivity index (χ3v) is 3.92. The molecule has 1 saturated heterocycles. The lowest BCUT2D eigenvalue weighted by Gasteiger charge is -2.11. The van der Waals surface area contributed by atoms with Gasteiger partial charge in [0.25, 0.3) is 0 Å². The summed E-state index contributed by atoms with van der Waals surface area (Å²) in [6, 6.07) is 9.62. The molecular weight excluding hydrogens is 380 g/mol. The van der Waals surface area contributed by atoms with Gasteiger partial charge in [-0.3, -0.25) is 4.79 Å². The second kappa shape index (κ2) is 11.0. The van der Waals surface area contributed by atoms with Gasteiger partial charge in [-0.1, -0.05) is 0 Å². The smallest absolute Gasteiger partial charge is 0.221 e. The Kier molecular flexibility index (Phi) is 9.34. The number of carbonyl (C=O) groups excluding carboxylic acids is 1. The van der Waals surface area contributed by atoms with E-state index >= 15 is 0 Å². The lowest BCUT2D eigenvalue weighted by atomic mass is 10.1. The SMILES string of the molecule is Cl.Cl.O=C(CC1CCCN1)NCc1ccnc(Oc2ccc(F)cc2)c1. The largest absolute Gasteiger partial charge is 0.439 e. The lowest BCUT2D eigenvalue weighted by molar-refractivity contribution is -0.121. The fraction of sp³-hybridized carbons (Fsp3) is 0.333. The Bertz CT molecular complexity index is 695. The average molecular weight is 402 g/mol. The summed E-state index contributed by atoms with van der Waals surface area (Å²) in [5, 5.41) is 6.22. The Morgan fingerprint density at radius 1 is 1.27 bits per heavy atom. The molecule has 5 nitrogen and oxygen atoms in total. The predicted octanol–water partition coefficient (Wildman–Crippen LogP) is 3.61. The number of carbonyl (C=O) groups is 1. The van der Waals surface area contributed by atoms with Crippen LogP contribution >= 0.6 is 24.8 Å². The molecule has 26 heavy (non-hydrogen) atoms. The van der Waals surface area contributed by atoms with Gasteiger partial charge in [0.2, 0.25) is 11.8 Å². The first kappa shape index (κ1) is 22.2. The van der Waals surface area contributed by atoms with E-state index in [-0.39, 0.29) is 36.5 Å². The molecule has 1 aromatic carbocycles. The number of halogens is 3. The van der Waals surface area contributed by atoms with Crippen LogP contribution in [0.15, 0.2) is 42.6 Å². The van der Waals surface area contributed by atoms with Crippen molar-refractivity contribution < 1.29 is 13.9 Å². The summed E-state index contributed by atoms with van der Waals surface area (Å²) in [5.74, 6) is 0.638. The summed E-state index contributed by atoms with van der Waals surface area (Å²) >= 11 is 0. The minimum absolute atomic E-state index is 0. The van der Waals surface area contributed by atoms with Gasteiger partial charge < -0.3 is 15.4 Å². The Balaban J connectivity index is 0.00000169. The van der Waals surface area contributed by atoms with Crippen LogP contribution in [0.5, 0.6) is 11.6 Å². The minimum atomic E-state index is -0.316. The topological polar surface area (TPSA) is 63.2 Å². The van der Waals surface area contributed by atoms with Crippen LogP contribution in [0.4, 0.5) is 4.39 Å². The molecule has 1 unspecified atom stereocenters. The van der Waals surface area contributed by atoms with E-state index in [1.165, 1.54) is 12.1 Å². The molecule has 142 valence electrons. The van der Waals surface area contributed by atoms with Crippen LogP contribution in [0, 0.1) is 5.82 Å². The molecule has 0 spiro atoms. The summed E-state index contributed by atoms with van der Waals surface area (Å²) in [7, 11) is 0. The predicted molar refractivity (Wildman–Crippen MR) is 103 cm³/mol. The van der Waals surface area contributed by atoms with Crippen molar-refractivity contribution in [2.75, 3.05) is 6.54 Å². The Hall–Kier alpha value is -1.89. The highest BCUT2D eigenvalue weighted by Gasteiger charge is 2.17. The van der Waals surface area contributed by atoms with E-state index in [2.05, 4.69) is 15.6 Å². The fourth-order valence-electron chi connectivity index (χ4n) is 2.67. The van der Waals surface area contributed by atoms with Crippen LogP contribution in [0.25, 0.3) is 0 Å². The maximum atomic E-state index is 12.9. The monoisotopic (exact) mass is 401 g/mol. The molecule has 1 aromatic heterocycles. The molecule has 0 aliphatic carbocycles. The van der Waals surface area contributed by atoms with Gasteiger partial charge in [-0.25, -0.2) is 9.37 Å². The van der Waals surface area contributed by atoms with Gasteiger partial charge in [0, 0.05) is 31.3 Å². The molecule has 2 N–H and O–H groups in total. The third kappa shape index (κ3) is 6.78. The van der Waals surface area contributed by atoms with Crippen molar-refractivity contribution in [2.45, 2.75) is 31.8 Å². The number of hydrogen-bond donors (Lipinski definition) is 2. The summed E-state index contributed by atoms with van der Waals surface area (Å²) < 4.78 is 18.5. The van der Waals surface area contributed by atoms with Gasteiger partial charge in [0.05, 0.1) is 0 Å². The molecule has 0 bridgehead atoms. The molecule has 0 saturated carbocycles. The molecule has 1 fully saturated rings. The van der Waals surface area contributed by atoms with E-state index in [0.717, 1.165) is 24.9 Å². The Morgan fingerprint density at radius 2 is 2.04 bits per heavy atom. The fourth-order valence-corrected chi connectivity index (χ4v) is 2.67. The van der Waals surface area contributed by atoms with Gasteiger partial charge in [0.15, 0.2) is 0 Å². The molecule has 1 atom stereocenters. The normalized spacial score (nSPS) is 15.5. The van der Waals surface area contributed by atoms with E-state index < -0.39 is 0 Å². The van der Waals surface area contributed by atoms with E-state index in [1.807, 2.05) is 6.07 Å². The molecule has 1 aliphatic heterocycles. The molecule has 2 heterocycles. The van der Waals surface area contributed by atoms with E-state index in [1.54, 1.807) is 24.4 Å². The van der Waals surface area contributed by atoms with Crippen molar-refractivity contribution in [2.24, 2.45) is 0 Å². The number of benzene rings is 1. The van der Waals surface area contributed by atoms with Crippen molar-refractivity contribution in [1.29, 1.82) is 0 Å². The van der Waals surface area contributed by atoms with Crippen molar-refractivity contribution in [3.63, 3.8) is 0 Å². The van der Waals surface area contributed by atoms with E-state index in [9.17, 15) is 9.18 Å². The number of nitrogens with zero attached hydrogens (tertiary/aromatic N) is 1. The number of nitrogens with one attached hydrogen (secondary N) is 2. The average Bonchev–Trinajstić information content (AvgIpc) is 3.08. The molecular formula is C18H22Cl2FN3O2. The zero-order valence-corrected chi connectivity index (χ0v) is 15.7. The van der Waals surface area contributed by atoms with Crippen molar-refractivity contribution in [1.82, 2.24) is 15.6 Å². The quantitative estimate of drug-likeness (QED) is 0.775. The third-order valence-electron chi connectivity index (χ3n) is 3.92. The van der Waals surface area contributed by atoms with Crippen molar-refractivity contribution in [3.05, 3.63) is 54.0 Å². The number of hydrogen-bond acceptors (Lipinski definition) is 4. The first-order valence-corrected chi connectivity index (χ1v) is 8.07. The maximum absolute atomic E-state index is 12.9. The van der Waals surface area contributed by atoms with Crippen LogP contribution in [-0.4, -0.2) is 23.5 Å².